The molecule has 0 aliphatic heterocycles. The van der Waals surface area contributed by atoms with Gasteiger partial charge in [0.1, 0.15) is 0 Å². The van der Waals surface area contributed by atoms with E-state index in [4.69, 9.17) is 4.18 Å². The third-order valence-corrected chi connectivity index (χ3v) is 3.77. The summed E-state index contributed by atoms with van der Waals surface area (Å²) in [6, 6.07) is 6.61. The van der Waals surface area contributed by atoms with Crippen molar-refractivity contribution < 1.29 is 12.6 Å². The molecule has 0 radical (unpaired) electrons. The lowest BCUT2D eigenvalue weighted by Crippen LogP contribution is -2.07. The number of benzene rings is 1. The predicted molar refractivity (Wildman–Crippen MR) is 76.1 cm³/mol. The van der Waals surface area contributed by atoms with Gasteiger partial charge in [0, 0.05) is 6.42 Å². The van der Waals surface area contributed by atoms with Crippen molar-refractivity contribution in [3.63, 3.8) is 0 Å². The third-order valence-electron chi connectivity index (χ3n) is 2.45. The average molecular weight is 278 g/mol. The molecule has 0 N–H and O–H groups in total. The smallest absolute Gasteiger partial charge is 0.266 e. The fraction of sp³-hybridized carbons (Fsp3) is 0.333. The Balaban J connectivity index is 2.39. The summed E-state index contributed by atoms with van der Waals surface area (Å²) in [6.07, 6.45) is 3.74. The maximum absolute atomic E-state index is 11.8. The number of aryl methyl sites for hydroxylation is 1. The highest BCUT2D eigenvalue weighted by Gasteiger charge is 2.13. The Labute approximate surface area is 115 Å². The van der Waals surface area contributed by atoms with Crippen LogP contribution >= 0.6 is 0 Å². The molecule has 0 spiro atoms. The number of hydrogen-bond acceptors (Lipinski definition) is 3. The molecule has 0 bridgehead atoms. The van der Waals surface area contributed by atoms with Gasteiger partial charge >= 0.3 is 0 Å². The maximum atomic E-state index is 11.8. The first-order valence-electron chi connectivity index (χ1n) is 6.11. The van der Waals surface area contributed by atoms with E-state index in [1.165, 1.54) is 0 Å². The van der Waals surface area contributed by atoms with Crippen molar-refractivity contribution in [1.82, 2.24) is 0 Å². The summed E-state index contributed by atoms with van der Waals surface area (Å²) in [4.78, 5) is 0.199. The van der Waals surface area contributed by atoms with Crippen LogP contribution in [0.4, 0.5) is 0 Å². The summed E-state index contributed by atoms with van der Waals surface area (Å²) in [5, 5.41) is 0. The molecule has 0 saturated heterocycles. The van der Waals surface area contributed by atoms with Crippen LogP contribution in [-0.4, -0.2) is 15.0 Å². The van der Waals surface area contributed by atoms with Crippen LogP contribution in [0.3, 0.4) is 0 Å². The Kier molecular flexibility index (Phi) is 6.34. The van der Waals surface area contributed by atoms with Gasteiger partial charge < -0.3 is 0 Å². The molecule has 19 heavy (non-hydrogen) atoms. The summed E-state index contributed by atoms with van der Waals surface area (Å²) in [5.41, 5.74) is 1.01. The Morgan fingerprint density at radius 1 is 1.26 bits per heavy atom. The Morgan fingerprint density at radius 3 is 2.58 bits per heavy atom. The van der Waals surface area contributed by atoms with Crippen molar-refractivity contribution >= 4 is 10.1 Å². The van der Waals surface area contributed by atoms with E-state index in [2.05, 4.69) is 18.4 Å². The quantitative estimate of drug-likeness (QED) is 0.456. The van der Waals surface area contributed by atoms with E-state index < -0.39 is 10.1 Å². The number of rotatable bonds is 6. The van der Waals surface area contributed by atoms with Crippen LogP contribution in [0.1, 0.15) is 24.8 Å². The van der Waals surface area contributed by atoms with E-state index in [0.29, 0.717) is 6.42 Å². The molecule has 0 heterocycles. The zero-order valence-corrected chi connectivity index (χ0v) is 11.9. The van der Waals surface area contributed by atoms with Crippen LogP contribution in [0, 0.1) is 18.8 Å². The standard InChI is InChI=1S/C15H18O3S/c1-3-4-5-6-7-8-13-18-19(16,17)15-11-9-14(2)10-12-15/h3,9-12H,1,6-8,13H2,2H3. The normalized spacial score (nSPS) is 10.6. The van der Waals surface area contributed by atoms with Gasteiger partial charge in [-0.3, -0.25) is 4.18 Å². The van der Waals surface area contributed by atoms with Crippen molar-refractivity contribution in [3.8, 4) is 11.8 Å². The van der Waals surface area contributed by atoms with Crippen LogP contribution in [-0.2, 0) is 14.3 Å². The minimum atomic E-state index is -3.63. The molecule has 0 saturated carbocycles. The van der Waals surface area contributed by atoms with Crippen LogP contribution in [0.2, 0.25) is 0 Å². The molecule has 4 heteroatoms. The lowest BCUT2D eigenvalue weighted by atomic mass is 10.2. The summed E-state index contributed by atoms with van der Waals surface area (Å²) in [5.74, 6) is 5.64. The molecule has 0 aliphatic rings. The summed E-state index contributed by atoms with van der Waals surface area (Å²) >= 11 is 0. The van der Waals surface area contributed by atoms with Gasteiger partial charge in [0.15, 0.2) is 0 Å². The highest BCUT2D eigenvalue weighted by atomic mass is 32.2. The van der Waals surface area contributed by atoms with E-state index in [1.807, 2.05) is 6.92 Å². The van der Waals surface area contributed by atoms with E-state index in [0.717, 1.165) is 18.4 Å². The molecular weight excluding hydrogens is 260 g/mol. The van der Waals surface area contributed by atoms with Crippen LogP contribution in [0.5, 0.6) is 0 Å². The lowest BCUT2D eigenvalue weighted by Gasteiger charge is -2.05. The Hall–Kier alpha value is -1.57. The van der Waals surface area contributed by atoms with Crippen molar-refractivity contribution in [2.75, 3.05) is 6.61 Å². The topological polar surface area (TPSA) is 43.4 Å². The first-order valence-corrected chi connectivity index (χ1v) is 7.52. The van der Waals surface area contributed by atoms with Gasteiger partial charge in [-0.25, -0.2) is 0 Å². The van der Waals surface area contributed by atoms with Gasteiger partial charge in [-0.1, -0.05) is 36.1 Å². The van der Waals surface area contributed by atoms with E-state index >= 15 is 0 Å². The van der Waals surface area contributed by atoms with Crippen LogP contribution in [0.25, 0.3) is 0 Å². The molecule has 0 amide bonds. The average Bonchev–Trinajstić information content (AvgIpc) is 2.38. The molecular formula is C15H18O3S. The second-order valence-electron chi connectivity index (χ2n) is 4.07. The van der Waals surface area contributed by atoms with Gasteiger partial charge in [-0.05, 0) is 38.0 Å². The summed E-state index contributed by atoms with van der Waals surface area (Å²) in [7, 11) is -3.63. The first-order chi connectivity index (χ1) is 9.06. The number of unbranched alkanes of at least 4 members (excludes halogenated alkanes) is 2. The Morgan fingerprint density at radius 2 is 1.95 bits per heavy atom. The fourth-order valence-corrected chi connectivity index (χ4v) is 2.34. The van der Waals surface area contributed by atoms with Crippen molar-refractivity contribution in [1.29, 1.82) is 0 Å². The van der Waals surface area contributed by atoms with Crippen molar-refractivity contribution in [3.05, 3.63) is 42.5 Å². The van der Waals surface area contributed by atoms with Gasteiger partial charge in [-0.15, -0.1) is 0 Å². The first kappa shape index (κ1) is 15.5. The zero-order chi connectivity index (χ0) is 14.1. The van der Waals surface area contributed by atoms with E-state index in [-0.39, 0.29) is 11.5 Å². The molecule has 1 aromatic carbocycles. The van der Waals surface area contributed by atoms with Gasteiger partial charge in [0.05, 0.1) is 11.5 Å². The van der Waals surface area contributed by atoms with Crippen molar-refractivity contribution in [2.24, 2.45) is 0 Å². The van der Waals surface area contributed by atoms with Gasteiger partial charge in [0.25, 0.3) is 10.1 Å². The molecule has 0 unspecified atom stereocenters. The van der Waals surface area contributed by atoms with E-state index in [9.17, 15) is 8.42 Å². The monoisotopic (exact) mass is 278 g/mol. The highest BCUT2D eigenvalue weighted by molar-refractivity contribution is 7.86. The largest absolute Gasteiger partial charge is 0.296 e. The highest BCUT2D eigenvalue weighted by Crippen LogP contribution is 2.13. The zero-order valence-electron chi connectivity index (χ0n) is 11.1. The molecule has 0 aliphatic carbocycles. The lowest BCUT2D eigenvalue weighted by molar-refractivity contribution is 0.309. The second-order valence-corrected chi connectivity index (χ2v) is 5.69. The predicted octanol–water partition coefficient (Wildman–Crippen LogP) is 3.06. The SMILES string of the molecule is C=CC#CCCCCOS(=O)(=O)c1ccc(C)cc1. The van der Waals surface area contributed by atoms with E-state index in [1.54, 1.807) is 30.3 Å². The fourth-order valence-electron chi connectivity index (χ4n) is 1.40. The molecule has 102 valence electrons. The molecule has 3 nitrogen and oxygen atoms in total. The van der Waals surface area contributed by atoms with Crippen LogP contribution < -0.4 is 0 Å². The Bertz CT molecular complexity index is 560. The van der Waals surface area contributed by atoms with Crippen LogP contribution in [0.15, 0.2) is 41.8 Å². The molecule has 1 rings (SSSR count). The minimum Gasteiger partial charge on any atom is -0.266 e. The summed E-state index contributed by atoms with van der Waals surface area (Å²) in [6.45, 7) is 5.58. The second kappa shape index (κ2) is 7.78. The van der Waals surface area contributed by atoms with Gasteiger partial charge in [-0.2, -0.15) is 8.42 Å². The molecule has 0 aromatic heterocycles. The third kappa shape index (κ3) is 5.73. The molecule has 1 aromatic rings. The summed E-state index contributed by atoms with van der Waals surface area (Å²) < 4.78 is 28.6. The molecule has 0 fully saturated rings. The minimum absolute atomic E-state index is 0.186. The number of hydrogen-bond donors (Lipinski definition) is 0. The number of allylic oxidation sites excluding steroid dienone is 1. The van der Waals surface area contributed by atoms with Crippen molar-refractivity contribution in [2.45, 2.75) is 31.1 Å². The van der Waals surface area contributed by atoms with Gasteiger partial charge in [0.2, 0.25) is 0 Å². The molecule has 0 atom stereocenters. The maximum Gasteiger partial charge on any atom is 0.296 e.